The number of nitrogens with two attached hydrogens (primary N) is 1. The van der Waals surface area contributed by atoms with Gasteiger partial charge in [0.2, 0.25) is 0 Å². The lowest BCUT2D eigenvalue weighted by Crippen LogP contribution is -2.11. The van der Waals surface area contributed by atoms with E-state index in [1.807, 2.05) is 19.9 Å². The van der Waals surface area contributed by atoms with Crippen molar-refractivity contribution in [1.29, 1.82) is 5.26 Å². The Morgan fingerprint density at radius 3 is 2.69 bits per heavy atom. The van der Waals surface area contributed by atoms with Gasteiger partial charge in [0.25, 0.3) is 5.91 Å². The van der Waals surface area contributed by atoms with Gasteiger partial charge in [-0.25, -0.2) is 0 Å². The van der Waals surface area contributed by atoms with Crippen LogP contribution in [-0.4, -0.2) is 10.9 Å². The summed E-state index contributed by atoms with van der Waals surface area (Å²) in [6, 6.07) is 5.31. The molecule has 0 radical (unpaired) electrons. The fourth-order valence-electron chi connectivity index (χ4n) is 1.81. The summed E-state index contributed by atoms with van der Waals surface area (Å²) >= 11 is 0. The van der Waals surface area contributed by atoms with Crippen molar-refractivity contribution >= 4 is 16.8 Å². The number of hydrogen-bond acceptors (Lipinski definition) is 2. The fraction of sp³-hybridized carbons (Fsp3) is 0.167. The molecule has 1 heterocycles. The van der Waals surface area contributed by atoms with Crippen molar-refractivity contribution in [3.8, 4) is 6.07 Å². The van der Waals surface area contributed by atoms with Crippen LogP contribution in [0.25, 0.3) is 10.9 Å². The number of H-pyrrole nitrogens is 1. The maximum absolute atomic E-state index is 11.3. The van der Waals surface area contributed by atoms with Crippen molar-refractivity contribution in [2.45, 2.75) is 13.8 Å². The summed E-state index contributed by atoms with van der Waals surface area (Å²) in [4.78, 5) is 14.4. The average Bonchev–Trinajstić information content (AvgIpc) is 2.54. The summed E-state index contributed by atoms with van der Waals surface area (Å²) < 4.78 is 0. The second-order valence-electron chi connectivity index (χ2n) is 3.80. The topological polar surface area (TPSA) is 82.7 Å². The summed E-state index contributed by atoms with van der Waals surface area (Å²) in [5.41, 5.74) is 8.83. The van der Waals surface area contributed by atoms with Crippen molar-refractivity contribution in [2.24, 2.45) is 5.73 Å². The number of aromatic nitrogens is 1. The van der Waals surface area contributed by atoms with Crippen LogP contribution in [0.15, 0.2) is 12.1 Å². The van der Waals surface area contributed by atoms with Crippen LogP contribution >= 0.6 is 0 Å². The summed E-state index contributed by atoms with van der Waals surface area (Å²) in [7, 11) is 0. The van der Waals surface area contributed by atoms with Crippen molar-refractivity contribution in [1.82, 2.24) is 4.98 Å². The number of amides is 1. The van der Waals surface area contributed by atoms with Gasteiger partial charge in [0.1, 0.15) is 0 Å². The molecule has 1 aromatic carbocycles. The molecule has 3 N–H and O–H groups in total. The summed E-state index contributed by atoms with van der Waals surface area (Å²) in [5, 5.41) is 9.77. The fourth-order valence-corrected chi connectivity index (χ4v) is 1.81. The molecule has 0 aliphatic carbocycles. The van der Waals surface area contributed by atoms with Gasteiger partial charge in [0, 0.05) is 11.1 Å². The SMILES string of the molecule is Cc1[nH]c2c(C(N)=O)cc(C#N)cc2c1C. The number of carbonyl (C=O) groups is 1. The first-order valence-corrected chi connectivity index (χ1v) is 4.87. The average molecular weight is 213 g/mol. The molecule has 0 fully saturated rings. The minimum absolute atomic E-state index is 0.366. The first-order chi connectivity index (χ1) is 7.54. The maximum Gasteiger partial charge on any atom is 0.250 e. The summed E-state index contributed by atoms with van der Waals surface area (Å²) in [5.74, 6) is -0.525. The lowest BCUT2D eigenvalue weighted by atomic mass is 10.0. The van der Waals surface area contributed by atoms with E-state index in [2.05, 4.69) is 4.98 Å². The molecule has 0 unspecified atom stereocenters. The second-order valence-corrected chi connectivity index (χ2v) is 3.80. The highest BCUT2D eigenvalue weighted by Gasteiger charge is 2.13. The molecule has 0 bridgehead atoms. The lowest BCUT2D eigenvalue weighted by Gasteiger charge is -2.00. The Labute approximate surface area is 92.7 Å². The van der Waals surface area contributed by atoms with Crippen LogP contribution < -0.4 is 5.73 Å². The van der Waals surface area contributed by atoms with Gasteiger partial charge in [-0.2, -0.15) is 5.26 Å². The third-order valence-corrected chi connectivity index (χ3v) is 2.81. The number of fused-ring (bicyclic) bond motifs is 1. The van der Waals surface area contributed by atoms with Crippen LogP contribution in [0.3, 0.4) is 0 Å². The molecular weight excluding hydrogens is 202 g/mol. The normalized spacial score (nSPS) is 10.3. The van der Waals surface area contributed by atoms with E-state index in [1.54, 1.807) is 6.07 Å². The Bertz CT molecular complexity index is 632. The van der Waals surface area contributed by atoms with Gasteiger partial charge in [0.15, 0.2) is 0 Å². The van der Waals surface area contributed by atoms with Gasteiger partial charge < -0.3 is 10.7 Å². The molecule has 0 saturated heterocycles. The molecule has 0 spiro atoms. The Morgan fingerprint density at radius 1 is 1.44 bits per heavy atom. The Morgan fingerprint density at radius 2 is 2.12 bits per heavy atom. The zero-order chi connectivity index (χ0) is 11.9. The molecule has 0 aliphatic rings. The van der Waals surface area contributed by atoms with E-state index in [1.165, 1.54) is 6.07 Å². The van der Waals surface area contributed by atoms with Gasteiger partial charge in [-0.3, -0.25) is 4.79 Å². The minimum Gasteiger partial charge on any atom is -0.366 e. The molecule has 0 atom stereocenters. The lowest BCUT2D eigenvalue weighted by molar-refractivity contribution is 0.100. The minimum atomic E-state index is -0.525. The Kier molecular flexibility index (Phi) is 2.17. The van der Waals surface area contributed by atoms with Gasteiger partial charge in [-0.15, -0.1) is 0 Å². The molecule has 2 rings (SSSR count). The molecule has 4 heteroatoms. The zero-order valence-electron chi connectivity index (χ0n) is 9.09. The highest BCUT2D eigenvalue weighted by atomic mass is 16.1. The monoisotopic (exact) mass is 213 g/mol. The predicted molar refractivity (Wildman–Crippen MR) is 61.0 cm³/mol. The zero-order valence-corrected chi connectivity index (χ0v) is 9.09. The van der Waals surface area contributed by atoms with Gasteiger partial charge in [-0.1, -0.05) is 0 Å². The number of nitrogens with zero attached hydrogens (tertiary/aromatic N) is 1. The third kappa shape index (κ3) is 1.34. The molecule has 16 heavy (non-hydrogen) atoms. The Hall–Kier alpha value is -2.28. The van der Waals surface area contributed by atoms with Crippen LogP contribution in [0.4, 0.5) is 0 Å². The van der Waals surface area contributed by atoms with E-state index in [4.69, 9.17) is 11.0 Å². The van der Waals surface area contributed by atoms with E-state index in [9.17, 15) is 4.79 Å². The number of carbonyl (C=O) groups excluding carboxylic acids is 1. The first-order valence-electron chi connectivity index (χ1n) is 4.87. The van der Waals surface area contributed by atoms with Gasteiger partial charge in [0.05, 0.1) is 22.7 Å². The molecular formula is C12H11N3O. The van der Waals surface area contributed by atoms with Crippen molar-refractivity contribution < 1.29 is 4.79 Å². The van der Waals surface area contributed by atoms with Gasteiger partial charge >= 0.3 is 0 Å². The second kappa shape index (κ2) is 3.38. The highest BCUT2D eigenvalue weighted by Crippen LogP contribution is 2.25. The smallest absolute Gasteiger partial charge is 0.250 e. The van der Waals surface area contributed by atoms with Gasteiger partial charge in [-0.05, 0) is 31.5 Å². The molecule has 1 aromatic heterocycles. The molecule has 80 valence electrons. The van der Waals surface area contributed by atoms with Crippen LogP contribution in [0, 0.1) is 25.2 Å². The molecule has 0 saturated carbocycles. The van der Waals surface area contributed by atoms with E-state index < -0.39 is 5.91 Å². The largest absolute Gasteiger partial charge is 0.366 e. The standard InChI is InChI=1S/C12H11N3O/c1-6-7(2)15-11-9(6)3-8(5-13)4-10(11)12(14)16/h3-4,15H,1-2H3,(H2,14,16). The van der Waals surface area contributed by atoms with E-state index in [0.717, 1.165) is 16.6 Å². The maximum atomic E-state index is 11.3. The number of nitriles is 1. The van der Waals surface area contributed by atoms with Crippen molar-refractivity contribution in [3.05, 3.63) is 34.5 Å². The predicted octanol–water partition coefficient (Wildman–Crippen LogP) is 1.76. The quantitative estimate of drug-likeness (QED) is 0.756. The first kappa shape index (κ1) is 10.2. The van der Waals surface area contributed by atoms with Crippen LogP contribution in [0.5, 0.6) is 0 Å². The number of rotatable bonds is 1. The van der Waals surface area contributed by atoms with E-state index >= 15 is 0 Å². The van der Waals surface area contributed by atoms with Crippen LogP contribution in [-0.2, 0) is 0 Å². The molecule has 2 aromatic rings. The van der Waals surface area contributed by atoms with Crippen molar-refractivity contribution in [3.63, 3.8) is 0 Å². The third-order valence-electron chi connectivity index (χ3n) is 2.81. The van der Waals surface area contributed by atoms with Crippen molar-refractivity contribution in [2.75, 3.05) is 0 Å². The van der Waals surface area contributed by atoms with Crippen LogP contribution in [0.2, 0.25) is 0 Å². The highest BCUT2D eigenvalue weighted by molar-refractivity contribution is 6.06. The number of primary amides is 1. The number of aromatic amines is 1. The molecule has 0 aliphatic heterocycles. The Balaban J connectivity index is 2.94. The van der Waals surface area contributed by atoms with E-state index in [-0.39, 0.29) is 0 Å². The van der Waals surface area contributed by atoms with Crippen LogP contribution in [0.1, 0.15) is 27.2 Å². The number of nitrogens with one attached hydrogen (secondary N) is 1. The summed E-state index contributed by atoms with van der Waals surface area (Å²) in [6.45, 7) is 3.87. The summed E-state index contributed by atoms with van der Waals surface area (Å²) in [6.07, 6.45) is 0. The van der Waals surface area contributed by atoms with E-state index in [0.29, 0.717) is 16.6 Å². The number of benzene rings is 1. The molecule has 4 nitrogen and oxygen atoms in total. The molecule has 1 amide bonds. The number of aryl methyl sites for hydroxylation is 2. The number of hydrogen-bond donors (Lipinski definition) is 2.